The highest BCUT2D eigenvalue weighted by Gasteiger charge is 2.33. The van der Waals surface area contributed by atoms with Crippen molar-refractivity contribution in [1.29, 1.82) is 0 Å². The number of pyridine rings is 1. The third kappa shape index (κ3) is 6.70. The van der Waals surface area contributed by atoms with E-state index < -0.39 is 17.7 Å². The Morgan fingerprint density at radius 1 is 1.22 bits per heavy atom. The molecule has 3 heterocycles. The van der Waals surface area contributed by atoms with Crippen molar-refractivity contribution >= 4 is 34.6 Å². The highest BCUT2D eigenvalue weighted by atomic mass is 32.2. The molecule has 2 aromatic heterocycles. The number of likely N-dealkylation sites (tertiary alicyclic amines) is 1. The number of hydrogen-bond acceptors (Lipinski definition) is 5. The third-order valence-electron chi connectivity index (χ3n) is 6.04. The molecule has 196 valence electrons. The molecule has 3 aromatic rings. The van der Waals surface area contributed by atoms with Crippen LogP contribution in [0.25, 0.3) is 5.52 Å². The van der Waals surface area contributed by atoms with Gasteiger partial charge in [0.2, 0.25) is 0 Å². The molecular formula is C26H27F4N5OS. The number of nitrogens with zero attached hydrogens (tertiary/aromatic N) is 2. The molecule has 4 rings (SSSR count). The van der Waals surface area contributed by atoms with Crippen LogP contribution in [0.5, 0.6) is 0 Å². The average molecular weight is 534 g/mol. The lowest BCUT2D eigenvalue weighted by atomic mass is 10.0. The highest BCUT2D eigenvalue weighted by molar-refractivity contribution is 8.00. The minimum atomic E-state index is -4.50. The van der Waals surface area contributed by atoms with Crippen LogP contribution in [0.1, 0.15) is 22.3 Å². The van der Waals surface area contributed by atoms with Crippen LogP contribution in [0.15, 0.2) is 53.7 Å². The van der Waals surface area contributed by atoms with E-state index in [-0.39, 0.29) is 34.8 Å². The quantitative estimate of drug-likeness (QED) is 0.241. The van der Waals surface area contributed by atoms with Gasteiger partial charge in [-0.2, -0.15) is 13.2 Å². The number of thioether (sulfide) groups is 1. The van der Waals surface area contributed by atoms with Crippen LogP contribution in [0, 0.1) is 11.8 Å². The molecule has 2 atom stereocenters. The summed E-state index contributed by atoms with van der Waals surface area (Å²) in [5, 5.41) is 8.77. The summed E-state index contributed by atoms with van der Waals surface area (Å²) < 4.78 is 56.3. The Balaban J connectivity index is 1.56. The number of anilines is 2. The van der Waals surface area contributed by atoms with Crippen molar-refractivity contribution in [2.24, 2.45) is 0 Å². The predicted molar refractivity (Wildman–Crippen MR) is 139 cm³/mol. The second-order valence-corrected chi connectivity index (χ2v) is 9.77. The molecule has 3 N–H and O–H groups in total. The number of nitrogens with one attached hydrogen (secondary N) is 3. The summed E-state index contributed by atoms with van der Waals surface area (Å²) in [5.41, 5.74) is -1.98. The lowest BCUT2D eigenvalue weighted by Gasteiger charge is -2.33. The van der Waals surface area contributed by atoms with Gasteiger partial charge in [0.1, 0.15) is 11.2 Å². The summed E-state index contributed by atoms with van der Waals surface area (Å²) in [5.74, 6) is 5.53. The number of halogens is 4. The van der Waals surface area contributed by atoms with E-state index >= 15 is 0 Å². The van der Waals surface area contributed by atoms with Crippen LogP contribution in [-0.2, 0) is 0 Å². The molecule has 37 heavy (non-hydrogen) atoms. The van der Waals surface area contributed by atoms with Gasteiger partial charge in [-0.25, -0.2) is 4.39 Å². The second-order valence-electron chi connectivity index (χ2n) is 8.72. The van der Waals surface area contributed by atoms with Crippen LogP contribution >= 0.6 is 11.8 Å². The lowest BCUT2D eigenvalue weighted by Crippen LogP contribution is -2.46. The summed E-state index contributed by atoms with van der Waals surface area (Å²) >= 11 is -0.226. The van der Waals surface area contributed by atoms with Crippen molar-refractivity contribution in [1.82, 2.24) is 14.6 Å². The summed E-state index contributed by atoms with van der Waals surface area (Å²) in [6, 6.07) is 11.3. The topological polar surface area (TPSA) is 60.8 Å². The summed E-state index contributed by atoms with van der Waals surface area (Å²) in [4.78, 5) is 13.6. The SMILES string of the molecule is CNC(=O)c1ccc(NCC#Cc2cc3c(N[C@@H]4CCN(C)C[C@@H]4F)cccn3c2SC(F)(F)F)cc1. The number of piperidine rings is 1. The van der Waals surface area contributed by atoms with Crippen LogP contribution in [0.2, 0.25) is 0 Å². The number of alkyl halides is 4. The Hall–Kier alpha value is -3.36. The van der Waals surface area contributed by atoms with Crippen molar-refractivity contribution < 1.29 is 22.4 Å². The Morgan fingerprint density at radius 3 is 2.65 bits per heavy atom. The largest absolute Gasteiger partial charge is 0.447 e. The first-order valence-electron chi connectivity index (χ1n) is 11.7. The van der Waals surface area contributed by atoms with E-state index in [1.54, 1.807) is 55.7 Å². The van der Waals surface area contributed by atoms with Crippen molar-refractivity contribution in [3.8, 4) is 11.8 Å². The molecule has 0 unspecified atom stereocenters. The molecule has 1 amide bonds. The number of benzene rings is 1. The zero-order valence-corrected chi connectivity index (χ0v) is 21.1. The van der Waals surface area contributed by atoms with E-state index in [1.165, 1.54) is 4.40 Å². The first-order chi connectivity index (χ1) is 17.6. The molecule has 1 aliphatic heterocycles. The van der Waals surface area contributed by atoms with Gasteiger partial charge in [-0.3, -0.25) is 4.79 Å². The standard InChI is InChI=1S/C26H27F4N5OS/c1-31-24(36)17-7-9-19(10-8-17)32-12-3-5-18-15-23-22(33-21-11-14-34(2)16-20(21)27)6-4-13-35(23)25(18)37-26(28,29)30/h4,6-10,13,15,20-21,32-33H,11-12,14,16H2,1-2H3,(H,31,36)/t20-,21+/m0/s1. The molecule has 0 radical (unpaired) electrons. The summed E-state index contributed by atoms with van der Waals surface area (Å²) in [6.45, 7) is 1.22. The number of fused-ring (bicyclic) bond motifs is 1. The van der Waals surface area contributed by atoms with Crippen molar-refractivity contribution in [2.45, 2.75) is 29.2 Å². The van der Waals surface area contributed by atoms with Gasteiger partial charge in [0.25, 0.3) is 5.91 Å². The van der Waals surface area contributed by atoms with Gasteiger partial charge < -0.3 is 25.3 Å². The maximum Gasteiger partial charge on any atom is 0.447 e. The zero-order chi connectivity index (χ0) is 26.6. The van der Waals surface area contributed by atoms with E-state index in [0.717, 1.165) is 12.2 Å². The molecular weight excluding hydrogens is 506 g/mol. The Kier molecular flexibility index (Phi) is 8.19. The van der Waals surface area contributed by atoms with Gasteiger partial charge in [-0.1, -0.05) is 11.8 Å². The van der Waals surface area contributed by atoms with E-state index in [4.69, 9.17) is 0 Å². The number of rotatable bonds is 6. The molecule has 0 bridgehead atoms. The first-order valence-corrected chi connectivity index (χ1v) is 12.5. The molecule has 0 saturated carbocycles. The minimum absolute atomic E-state index is 0.0474. The van der Waals surface area contributed by atoms with Crippen molar-refractivity contribution in [3.05, 3.63) is 59.8 Å². The monoisotopic (exact) mass is 533 g/mol. The fraction of sp³-hybridized carbons (Fsp3) is 0.346. The maximum absolute atomic E-state index is 14.6. The number of carbonyl (C=O) groups excluding carboxylic acids is 1. The van der Waals surface area contributed by atoms with E-state index in [0.29, 0.717) is 29.7 Å². The molecule has 1 saturated heterocycles. The number of amides is 1. The Bertz CT molecular complexity index is 1310. The van der Waals surface area contributed by atoms with Crippen molar-refractivity contribution in [2.75, 3.05) is 44.4 Å². The molecule has 1 aromatic carbocycles. The molecule has 0 spiro atoms. The zero-order valence-electron chi connectivity index (χ0n) is 20.3. The fourth-order valence-corrected chi connectivity index (χ4v) is 4.88. The Labute approximate surface area is 216 Å². The number of aromatic nitrogens is 1. The summed E-state index contributed by atoms with van der Waals surface area (Å²) in [6.07, 6.45) is 1.05. The first kappa shape index (κ1) is 26.7. The van der Waals surface area contributed by atoms with Crippen LogP contribution in [0.3, 0.4) is 0 Å². The minimum Gasteiger partial charge on any atom is -0.378 e. The predicted octanol–water partition coefficient (Wildman–Crippen LogP) is 4.83. The Morgan fingerprint density at radius 2 is 1.97 bits per heavy atom. The average Bonchev–Trinajstić information content (AvgIpc) is 3.20. The van der Waals surface area contributed by atoms with Gasteiger partial charge in [-0.15, -0.1) is 0 Å². The molecule has 11 heteroatoms. The second kappa shape index (κ2) is 11.4. The summed E-state index contributed by atoms with van der Waals surface area (Å²) in [7, 11) is 3.41. The highest BCUT2D eigenvalue weighted by Crippen LogP contribution is 2.40. The van der Waals surface area contributed by atoms with Gasteiger partial charge in [0.15, 0.2) is 0 Å². The van der Waals surface area contributed by atoms with Crippen molar-refractivity contribution in [3.63, 3.8) is 0 Å². The smallest absolute Gasteiger partial charge is 0.378 e. The third-order valence-corrected chi connectivity index (χ3v) is 6.88. The molecule has 0 aliphatic carbocycles. The lowest BCUT2D eigenvalue weighted by molar-refractivity contribution is -0.0329. The van der Waals surface area contributed by atoms with Crippen LogP contribution < -0.4 is 16.0 Å². The number of carbonyl (C=O) groups is 1. The van der Waals surface area contributed by atoms with Gasteiger partial charge in [0.05, 0.1) is 29.4 Å². The normalized spacial score (nSPS) is 18.2. The van der Waals surface area contributed by atoms with Gasteiger partial charge >= 0.3 is 5.51 Å². The fourth-order valence-electron chi connectivity index (χ4n) is 4.19. The number of hydrogen-bond donors (Lipinski definition) is 3. The van der Waals surface area contributed by atoms with E-state index in [1.807, 2.05) is 11.9 Å². The van der Waals surface area contributed by atoms with Crippen LogP contribution in [0.4, 0.5) is 28.9 Å². The molecule has 6 nitrogen and oxygen atoms in total. The molecule has 1 aliphatic rings. The van der Waals surface area contributed by atoms with E-state index in [9.17, 15) is 22.4 Å². The van der Waals surface area contributed by atoms with Gasteiger partial charge in [0, 0.05) is 49.3 Å². The van der Waals surface area contributed by atoms with Crippen LogP contribution in [-0.4, -0.2) is 66.7 Å². The molecule has 1 fully saturated rings. The van der Waals surface area contributed by atoms with Gasteiger partial charge in [-0.05, 0) is 55.9 Å². The maximum atomic E-state index is 14.6. The van der Waals surface area contributed by atoms with E-state index in [2.05, 4.69) is 27.8 Å².